The van der Waals surface area contributed by atoms with E-state index in [-0.39, 0.29) is 11.5 Å². The number of amides is 1. The molecule has 4 heteroatoms. The second-order valence-corrected chi connectivity index (χ2v) is 4.30. The summed E-state index contributed by atoms with van der Waals surface area (Å²) in [5.74, 6) is -0.844. The maximum atomic E-state index is 13.7. The number of hydrogen-bond donors (Lipinski definition) is 1. The molecule has 0 atom stereocenters. The van der Waals surface area contributed by atoms with E-state index in [0.29, 0.717) is 12.1 Å². The van der Waals surface area contributed by atoms with E-state index in [1.807, 2.05) is 30.1 Å². The molecular formula is C14H15FN2O. The van der Waals surface area contributed by atoms with Gasteiger partial charge in [0.05, 0.1) is 5.56 Å². The average molecular weight is 246 g/mol. The molecule has 0 spiro atoms. The SMILES string of the molecule is Cc1cccc(C(=O)NCc2ccn(C)c2)c1F. The summed E-state index contributed by atoms with van der Waals surface area (Å²) in [6, 6.07) is 6.72. The third-order valence-electron chi connectivity index (χ3n) is 2.78. The number of halogens is 1. The van der Waals surface area contributed by atoms with Crippen molar-refractivity contribution in [3.05, 3.63) is 59.2 Å². The first-order valence-corrected chi connectivity index (χ1v) is 5.72. The topological polar surface area (TPSA) is 34.0 Å². The maximum absolute atomic E-state index is 13.7. The predicted molar refractivity (Wildman–Crippen MR) is 67.7 cm³/mol. The van der Waals surface area contributed by atoms with Crippen LogP contribution in [0.5, 0.6) is 0 Å². The zero-order chi connectivity index (χ0) is 13.1. The molecule has 2 rings (SSSR count). The Morgan fingerprint density at radius 2 is 2.17 bits per heavy atom. The Morgan fingerprint density at radius 3 is 2.83 bits per heavy atom. The van der Waals surface area contributed by atoms with Gasteiger partial charge in [0, 0.05) is 26.0 Å². The standard InChI is InChI=1S/C14H15FN2O/c1-10-4-3-5-12(13(10)15)14(18)16-8-11-6-7-17(2)9-11/h3-7,9H,8H2,1-2H3,(H,16,18). The van der Waals surface area contributed by atoms with Crippen molar-refractivity contribution in [2.45, 2.75) is 13.5 Å². The van der Waals surface area contributed by atoms with E-state index in [9.17, 15) is 9.18 Å². The van der Waals surface area contributed by atoms with Crippen molar-refractivity contribution in [1.82, 2.24) is 9.88 Å². The number of benzene rings is 1. The first-order valence-electron chi connectivity index (χ1n) is 5.72. The zero-order valence-corrected chi connectivity index (χ0v) is 10.4. The van der Waals surface area contributed by atoms with Gasteiger partial charge in [0.1, 0.15) is 5.82 Å². The molecule has 1 N–H and O–H groups in total. The Hall–Kier alpha value is -2.10. The average Bonchev–Trinajstić information content (AvgIpc) is 2.76. The van der Waals surface area contributed by atoms with E-state index in [4.69, 9.17) is 0 Å². The highest BCUT2D eigenvalue weighted by molar-refractivity contribution is 5.94. The number of nitrogens with one attached hydrogen (secondary N) is 1. The Morgan fingerprint density at radius 1 is 1.39 bits per heavy atom. The lowest BCUT2D eigenvalue weighted by Crippen LogP contribution is -2.23. The van der Waals surface area contributed by atoms with E-state index in [2.05, 4.69) is 5.32 Å². The molecule has 1 aromatic heterocycles. The fourth-order valence-electron chi connectivity index (χ4n) is 1.77. The van der Waals surface area contributed by atoms with Gasteiger partial charge in [0.2, 0.25) is 0 Å². The molecule has 0 aliphatic heterocycles. The quantitative estimate of drug-likeness (QED) is 0.886. The van der Waals surface area contributed by atoms with Gasteiger partial charge in [-0.05, 0) is 30.2 Å². The van der Waals surface area contributed by atoms with Crippen LogP contribution in [0.3, 0.4) is 0 Å². The molecule has 0 saturated carbocycles. The lowest BCUT2D eigenvalue weighted by atomic mass is 10.1. The van der Waals surface area contributed by atoms with Crippen molar-refractivity contribution in [2.75, 3.05) is 0 Å². The molecular weight excluding hydrogens is 231 g/mol. The molecule has 1 heterocycles. The van der Waals surface area contributed by atoms with Crippen LogP contribution in [0.2, 0.25) is 0 Å². The number of aromatic nitrogens is 1. The molecule has 0 radical (unpaired) electrons. The van der Waals surface area contributed by atoms with E-state index in [0.717, 1.165) is 5.56 Å². The van der Waals surface area contributed by atoms with Crippen molar-refractivity contribution in [1.29, 1.82) is 0 Å². The molecule has 94 valence electrons. The first-order chi connectivity index (χ1) is 8.58. The third-order valence-corrected chi connectivity index (χ3v) is 2.78. The summed E-state index contributed by atoms with van der Waals surface area (Å²) >= 11 is 0. The number of aryl methyl sites for hydroxylation is 2. The first kappa shape index (κ1) is 12.4. The Labute approximate surface area is 105 Å². The molecule has 18 heavy (non-hydrogen) atoms. The Kier molecular flexibility index (Phi) is 3.46. The second-order valence-electron chi connectivity index (χ2n) is 4.30. The number of carbonyl (C=O) groups excluding carboxylic acids is 1. The molecule has 0 fully saturated rings. The largest absolute Gasteiger partial charge is 0.357 e. The summed E-state index contributed by atoms with van der Waals surface area (Å²) in [4.78, 5) is 11.8. The molecule has 3 nitrogen and oxygen atoms in total. The number of carbonyl (C=O) groups is 1. The van der Waals surface area contributed by atoms with Crippen LogP contribution in [0.25, 0.3) is 0 Å². The number of nitrogens with zero attached hydrogens (tertiary/aromatic N) is 1. The van der Waals surface area contributed by atoms with E-state index in [1.165, 1.54) is 6.07 Å². The predicted octanol–water partition coefficient (Wildman–Crippen LogP) is 2.40. The van der Waals surface area contributed by atoms with Crippen LogP contribution < -0.4 is 5.32 Å². The van der Waals surface area contributed by atoms with Crippen LogP contribution in [0.1, 0.15) is 21.5 Å². The monoisotopic (exact) mass is 246 g/mol. The molecule has 0 unspecified atom stereocenters. The van der Waals surface area contributed by atoms with Gasteiger partial charge in [-0.15, -0.1) is 0 Å². The van der Waals surface area contributed by atoms with Gasteiger partial charge in [-0.3, -0.25) is 4.79 Å². The minimum Gasteiger partial charge on any atom is -0.357 e. The fraction of sp³-hybridized carbons (Fsp3) is 0.214. The van der Waals surface area contributed by atoms with Crippen molar-refractivity contribution < 1.29 is 9.18 Å². The van der Waals surface area contributed by atoms with Gasteiger partial charge < -0.3 is 9.88 Å². The Bertz CT molecular complexity index is 575. The summed E-state index contributed by atoms with van der Waals surface area (Å²) in [5, 5.41) is 2.70. The second kappa shape index (κ2) is 5.04. The highest BCUT2D eigenvalue weighted by Gasteiger charge is 2.12. The Balaban J connectivity index is 2.06. The highest BCUT2D eigenvalue weighted by atomic mass is 19.1. The molecule has 1 amide bonds. The minimum absolute atomic E-state index is 0.0888. The molecule has 0 aliphatic carbocycles. The summed E-state index contributed by atoms with van der Waals surface area (Å²) in [5.41, 5.74) is 1.55. The molecule has 1 aromatic carbocycles. The lowest BCUT2D eigenvalue weighted by Gasteiger charge is -2.06. The van der Waals surface area contributed by atoms with E-state index >= 15 is 0 Å². The summed E-state index contributed by atoms with van der Waals surface area (Å²) in [6.45, 7) is 2.04. The third kappa shape index (κ3) is 2.59. The summed E-state index contributed by atoms with van der Waals surface area (Å²) < 4.78 is 15.6. The molecule has 0 aliphatic rings. The van der Waals surface area contributed by atoms with E-state index in [1.54, 1.807) is 19.1 Å². The molecule has 2 aromatic rings. The van der Waals surface area contributed by atoms with E-state index < -0.39 is 5.82 Å². The van der Waals surface area contributed by atoms with Gasteiger partial charge in [-0.2, -0.15) is 0 Å². The fourth-order valence-corrected chi connectivity index (χ4v) is 1.77. The number of rotatable bonds is 3. The molecule has 0 saturated heterocycles. The van der Waals surface area contributed by atoms with Crippen LogP contribution >= 0.6 is 0 Å². The van der Waals surface area contributed by atoms with Gasteiger partial charge >= 0.3 is 0 Å². The van der Waals surface area contributed by atoms with Gasteiger partial charge in [0.15, 0.2) is 0 Å². The summed E-state index contributed by atoms with van der Waals surface area (Å²) in [7, 11) is 1.91. The van der Waals surface area contributed by atoms with Crippen molar-refractivity contribution in [3.63, 3.8) is 0 Å². The van der Waals surface area contributed by atoms with Crippen LogP contribution in [0.4, 0.5) is 4.39 Å². The van der Waals surface area contributed by atoms with Crippen LogP contribution in [-0.2, 0) is 13.6 Å². The minimum atomic E-state index is -0.455. The summed E-state index contributed by atoms with van der Waals surface area (Å²) in [6.07, 6.45) is 3.81. The van der Waals surface area contributed by atoms with Crippen LogP contribution in [0.15, 0.2) is 36.7 Å². The highest BCUT2D eigenvalue weighted by Crippen LogP contribution is 2.11. The van der Waals surface area contributed by atoms with Gasteiger partial charge in [0.25, 0.3) is 5.91 Å². The molecule has 0 bridgehead atoms. The van der Waals surface area contributed by atoms with Crippen LogP contribution in [0, 0.1) is 12.7 Å². The van der Waals surface area contributed by atoms with Crippen molar-refractivity contribution in [3.8, 4) is 0 Å². The van der Waals surface area contributed by atoms with Gasteiger partial charge in [-0.1, -0.05) is 12.1 Å². The van der Waals surface area contributed by atoms with Crippen molar-refractivity contribution in [2.24, 2.45) is 7.05 Å². The van der Waals surface area contributed by atoms with Crippen molar-refractivity contribution >= 4 is 5.91 Å². The normalized spacial score (nSPS) is 10.4. The zero-order valence-electron chi connectivity index (χ0n) is 10.4. The van der Waals surface area contributed by atoms with Gasteiger partial charge in [-0.25, -0.2) is 4.39 Å². The maximum Gasteiger partial charge on any atom is 0.254 e. The lowest BCUT2D eigenvalue weighted by molar-refractivity contribution is 0.0946. The smallest absolute Gasteiger partial charge is 0.254 e. The number of hydrogen-bond acceptors (Lipinski definition) is 1. The van der Waals surface area contributed by atoms with Crippen LogP contribution in [-0.4, -0.2) is 10.5 Å².